The molecule has 0 spiro atoms. The Morgan fingerprint density at radius 3 is 2.73 bits per heavy atom. The van der Waals surface area contributed by atoms with Crippen LogP contribution in [0.1, 0.15) is 34.6 Å². The summed E-state index contributed by atoms with van der Waals surface area (Å²) >= 11 is 0. The summed E-state index contributed by atoms with van der Waals surface area (Å²) in [6.45, 7) is 7.01. The first-order chi connectivity index (χ1) is 10.5. The Labute approximate surface area is 130 Å². The van der Waals surface area contributed by atoms with E-state index in [2.05, 4.69) is 36.0 Å². The van der Waals surface area contributed by atoms with Gasteiger partial charge in [-0.1, -0.05) is 18.2 Å². The number of rotatable bonds is 1. The fourth-order valence-corrected chi connectivity index (χ4v) is 3.08. The van der Waals surface area contributed by atoms with Gasteiger partial charge in [-0.25, -0.2) is 4.98 Å². The predicted octanol–water partition coefficient (Wildman–Crippen LogP) is 2.77. The fourth-order valence-electron chi connectivity index (χ4n) is 3.08. The zero-order chi connectivity index (χ0) is 15.9. The Kier molecular flexibility index (Phi) is 3.64. The summed E-state index contributed by atoms with van der Waals surface area (Å²) in [7, 11) is 2.06. The number of aromatic nitrogens is 1. The monoisotopic (exact) mass is 299 g/mol. The van der Waals surface area contributed by atoms with Crippen LogP contribution in [0, 0.1) is 13.8 Å². The number of hydrogen-bond acceptors (Lipinski definition) is 4. The molecule has 1 aliphatic rings. The minimum atomic E-state index is -0.0873. The third-order valence-corrected chi connectivity index (χ3v) is 4.17. The molecule has 116 valence electrons. The molecule has 1 aromatic heterocycles. The summed E-state index contributed by atoms with van der Waals surface area (Å²) in [6, 6.07) is 8.30. The van der Waals surface area contributed by atoms with Gasteiger partial charge in [-0.2, -0.15) is 0 Å². The van der Waals surface area contributed by atoms with Crippen LogP contribution in [0.15, 0.2) is 28.7 Å². The van der Waals surface area contributed by atoms with Gasteiger partial charge in [-0.3, -0.25) is 4.79 Å². The van der Waals surface area contributed by atoms with Gasteiger partial charge in [0.05, 0.1) is 5.69 Å². The minimum absolute atomic E-state index is 0.0873. The van der Waals surface area contributed by atoms with E-state index in [1.165, 1.54) is 5.69 Å². The molecule has 1 aliphatic heterocycles. The van der Waals surface area contributed by atoms with Crippen molar-refractivity contribution in [2.75, 3.05) is 18.5 Å². The van der Waals surface area contributed by atoms with E-state index in [0.29, 0.717) is 23.9 Å². The van der Waals surface area contributed by atoms with Crippen molar-refractivity contribution in [3.63, 3.8) is 0 Å². The van der Waals surface area contributed by atoms with E-state index >= 15 is 0 Å². The fraction of sp³-hybridized carbons (Fsp3) is 0.412. The lowest BCUT2D eigenvalue weighted by molar-refractivity contribution is 0.0652. The van der Waals surface area contributed by atoms with Gasteiger partial charge in [0.15, 0.2) is 5.89 Å². The molecular formula is C17H21N3O2. The number of oxazole rings is 1. The molecule has 1 atom stereocenters. The van der Waals surface area contributed by atoms with Crippen molar-refractivity contribution in [2.45, 2.75) is 33.4 Å². The molecule has 1 unspecified atom stereocenters. The van der Waals surface area contributed by atoms with Crippen molar-refractivity contribution < 1.29 is 9.21 Å². The number of para-hydroxylation sites is 1. The maximum atomic E-state index is 12.9. The highest BCUT2D eigenvalue weighted by molar-refractivity contribution is 5.93. The van der Waals surface area contributed by atoms with Crippen molar-refractivity contribution in [3.05, 3.63) is 47.2 Å². The van der Waals surface area contributed by atoms with Crippen LogP contribution in [0.4, 0.5) is 5.69 Å². The first-order valence-corrected chi connectivity index (χ1v) is 7.51. The van der Waals surface area contributed by atoms with Crippen LogP contribution in [0.25, 0.3) is 0 Å². The molecule has 5 heteroatoms. The van der Waals surface area contributed by atoms with E-state index in [0.717, 1.165) is 12.1 Å². The van der Waals surface area contributed by atoms with E-state index in [-0.39, 0.29) is 11.9 Å². The molecule has 0 saturated carbocycles. The lowest BCUT2D eigenvalue weighted by atomic mass is 10.1. The van der Waals surface area contributed by atoms with Crippen molar-refractivity contribution in [3.8, 4) is 0 Å². The van der Waals surface area contributed by atoms with Gasteiger partial charge < -0.3 is 14.2 Å². The van der Waals surface area contributed by atoms with Crippen molar-refractivity contribution in [2.24, 2.45) is 0 Å². The molecule has 5 nitrogen and oxygen atoms in total. The standard InChI is InChI=1S/C17H21N3O2/c1-11-9-19(4)15-8-6-5-7-14(15)10-20(11)17(21)16-12(2)18-13(3)22-16/h5-8,11H,9-10H2,1-4H3. The lowest BCUT2D eigenvalue weighted by Gasteiger charge is -2.27. The molecule has 0 saturated heterocycles. The van der Waals surface area contributed by atoms with E-state index in [4.69, 9.17) is 4.42 Å². The molecule has 0 radical (unpaired) electrons. The number of aryl methyl sites for hydroxylation is 2. The number of fused-ring (bicyclic) bond motifs is 1. The zero-order valence-corrected chi connectivity index (χ0v) is 13.5. The smallest absolute Gasteiger partial charge is 0.292 e. The summed E-state index contributed by atoms with van der Waals surface area (Å²) in [4.78, 5) is 21.2. The van der Waals surface area contributed by atoms with Crippen LogP contribution in [0.3, 0.4) is 0 Å². The first kappa shape index (κ1) is 14.6. The molecule has 0 fully saturated rings. The maximum Gasteiger partial charge on any atom is 0.292 e. The molecule has 1 amide bonds. The van der Waals surface area contributed by atoms with Crippen molar-refractivity contribution in [1.29, 1.82) is 0 Å². The van der Waals surface area contributed by atoms with Crippen LogP contribution in [0.2, 0.25) is 0 Å². The minimum Gasteiger partial charge on any atom is -0.436 e. The topological polar surface area (TPSA) is 49.6 Å². The largest absolute Gasteiger partial charge is 0.436 e. The number of nitrogens with zero attached hydrogens (tertiary/aromatic N) is 3. The predicted molar refractivity (Wildman–Crippen MR) is 85.0 cm³/mol. The molecular weight excluding hydrogens is 278 g/mol. The highest BCUT2D eigenvalue weighted by Crippen LogP contribution is 2.27. The summed E-state index contributed by atoms with van der Waals surface area (Å²) in [6.07, 6.45) is 0. The lowest BCUT2D eigenvalue weighted by Crippen LogP contribution is -2.42. The summed E-state index contributed by atoms with van der Waals surface area (Å²) < 4.78 is 5.52. The van der Waals surface area contributed by atoms with E-state index < -0.39 is 0 Å². The Hall–Kier alpha value is -2.30. The normalized spacial score (nSPS) is 18.1. The number of hydrogen-bond donors (Lipinski definition) is 0. The molecule has 0 aliphatic carbocycles. The highest BCUT2D eigenvalue weighted by atomic mass is 16.4. The first-order valence-electron chi connectivity index (χ1n) is 7.51. The number of benzene rings is 1. The van der Waals surface area contributed by atoms with Crippen LogP contribution >= 0.6 is 0 Å². The van der Waals surface area contributed by atoms with E-state index in [1.54, 1.807) is 6.92 Å². The van der Waals surface area contributed by atoms with Gasteiger partial charge in [0.1, 0.15) is 0 Å². The second-order valence-corrected chi connectivity index (χ2v) is 5.94. The molecule has 0 N–H and O–H groups in total. The van der Waals surface area contributed by atoms with Crippen LogP contribution in [-0.2, 0) is 6.54 Å². The van der Waals surface area contributed by atoms with Crippen molar-refractivity contribution in [1.82, 2.24) is 9.88 Å². The average molecular weight is 299 g/mol. The Morgan fingerprint density at radius 1 is 1.32 bits per heavy atom. The molecule has 2 heterocycles. The van der Waals surface area contributed by atoms with Crippen LogP contribution in [-0.4, -0.2) is 35.4 Å². The van der Waals surface area contributed by atoms with E-state index in [9.17, 15) is 4.79 Å². The number of likely N-dealkylation sites (N-methyl/N-ethyl adjacent to an activating group) is 1. The van der Waals surface area contributed by atoms with Gasteiger partial charge in [-0.15, -0.1) is 0 Å². The Bertz CT molecular complexity index is 708. The zero-order valence-electron chi connectivity index (χ0n) is 13.5. The Morgan fingerprint density at radius 2 is 2.05 bits per heavy atom. The number of amides is 1. The van der Waals surface area contributed by atoms with Crippen LogP contribution < -0.4 is 4.90 Å². The number of carbonyl (C=O) groups excluding carboxylic acids is 1. The summed E-state index contributed by atoms with van der Waals surface area (Å²) in [5.41, 5.74) is 2.98. The second-order valence-electron chi connectivity index (χ2n) is 5.94. The van der Waals surface area contributed by atoms with Crippen LogP contribution in [0.5, 0.6) is 0 Å². The molecule has 3 rings (SSSR count). The van der Waals surface area contributed by atoms with Gasteiger partial charge in [0.2, 0.25) is 5.76 Å². The average Bonchev–Trinajstić information content (AvgIpc) is 2.76. The molecule has 0 bridgehead atoms. The maximum absolute atomic E-state index is 12.9. The van der Waals surface area contributed by atoms with Crippen molar-refractivity contribution >= 4 is 11.6 Å². The molecule has 1 aromatic carbocycles. The third kappa shape index (κ3) is 2.47. The quantitative estimate of drug-likeness (QED) is 0.812. The number of carbonyl (C=O) groups is 1. The van der Waals surface area contributed by atoms with Gasteiger partial charge in [0.25, 0.3) is 5.91 Å². The van der Waals surface area contributed by atoms with E-state index in [1.807, 2.05) is 24.0 Å². The van der Waals surface area contributed by atoms with Gasteiger partial charge in [0, 0.05) is 38.8 Å². The highest BCUT2D eigenvalue weighted by Gasteiger charge is 2.30. The summed E-state index contributed by atoms with van der Waals surface area (Å²) in [5.74, 6) is 0.794. The second kappa shape index (κ2) is 5.48. The summed E-state index contributed by atoms with van der Waals surface area (Å²) in [5, 5.41) is 0. The third-order valence-electron chi connectivity index (χ3n) is 4.17. The molecule has 22 heavy (non-hydrogen) atoms. The SMILES string of the molecule is Cc1nc(C)c(C(=O)N2Cc3ccccc3N(C)CC2C)o1. The Balaban J connectivity index is 1.97. The number of anilines is 1. The molecule has 2 aromatic rings. The van der Waals surface area contributed by atoms with Gasteiger partial charge >= 0.3 is 0 Å². The van der Waals surface area contributed by atoms with Gasteiger partial charge in [-0.05, 0) is 25.5 Å².